The van der Waals surface area contributed by atoms with Gasteiger partial charge in [0.2, 0.25) is 5.91 Å². The number of amides is 1. The molecule has 0 bridgehead atoms. The number of ether oxygens (including phenoxy) is 2. The maximum absolute atomic E-state index is 12.2. The maximum Gasteiger partial charge on any atom is 0.249 e. The standard InChI is InChI=1S/C18H29N3O4/c1-13-15(14(2)25-20-13)12-21-9-6-18(7-10-21)5-4-16(24-18)17(22)19-8-11-23-3/h16H,4-12H2,1-3H3,(H,19,22)/t16-/m1/s1. The number of carbonyl (C=O) groups excluding carboxylic acids is 1. The highest BCUT2D eigenvalue weighted by atomic mass is 16.5. The van der Waals surface area contributed by atoms with E-state index in [2.05, 4.69) is 15.4 Å². The zero-order chi connectivity index (χ0) is 17.9. The van der Waals surface area contributed by atoms with Crippen LogP contribution in [0.5, 0.6) is 0 Å². The van der Waals surface area contributed by atoms with Crippen molar-refractivity contribution in [1.29, 1.82) is 0 Å². The van der Waals surface area contributed by atoms with E-state index < -0.39 is 0 Å². The van der Waals surface area contributed by atoms with E-state index in [9.17, 15) is 4.79 Å². The van der Waals surface area contributed by atoms with Crippen molar-refractivity contribution in [3.63, 3.8) is 0 Å². The molecule has 0 saturated carbocycles. The molecule has 1 aromatic rings. The van der Waals surface area contributed by atoms with Crippen LogP contribution in [-0.2, 0) is 20.8 Å². The van der Waals surface area contributed by atoms with Crippen molar-refractivity contribution < 1.29 is 18.8 Å². The van der Waals surface area contributed by atoms with Crippen LogP contribution >= 0.6 is 0 Å². The predicted molar refractivity (Wildman–Crippen MR) is 92.2 cm³/mol. The van der Waals surface area contributed by atoms with Gasteiger partial charge in [0.1, 0.15) is 11.9 Å². The number of aromatic nitrogens is 1. The largest absolute Gasteiger partial charge is 0.383 e. The zero-order valence-corrected chi connectivity index (χ0v) is 15.5. The van der Waals surface area contributed by atoms with Crippen LogP contribution < -0.4 is 5.32 Å². The molecule has 1 atom stereocenters. The first-order valence-electron chi connectivity index (χ1n) is 9.11. The molecule has 3 heterocycles. The number of carbonyl (C=O) groups is 1. The Morgan fingerprint density at radius 2 is 2.12 bits per heavy atom. The lowest BCUT2D eigenvalue weighted by Crippen LogP contribution is -2.45. The average molecular weight is 351 g/mol. The lowest BCUT2D eigenvalue weighted by Gasteiger charge is -2.39. The number of hydrogen-bond donors (Lipinski definition) is 1. The number of rotatable bonds is 6. The van der Waals surface area contributed by atoms with Crippen LogP contribution in [0.3, 0.4) is 0 Å². The number of nitrogens with zero attached hydrogens (tertiary/aromatic N) is 2. The van der Waals surface area contributed by atoms with Crippen molar-refractivity contribution >= 4 is 5.91 Å². The van der Waals surface area contributed by atoms with Crippen molar-refractivity contribution in [2.45, 2.75) is 57.8 Å². The normalized spacial score (nSPS) is 23.2. The van der Waals surface area contributed by atoms with Gasteiger partial charge in [0.05, 0.1) is 17.9 Å². The highest BCUT2D eigenvalue weighted by molar-refractivity contribution is 5.81. The molecule has 7 heteroatoms. The molecule has 1 aromatic heterocycles. The van der Waals surface area contributed by atoms with Crippen LogP contribution in [0.25, 0.3) is 0 Å². The van der Waals surface area contributed by atoms with Crippen molar-refractivity contribution in [3.05, 3.63) is 17.0 Å². The number of nitrogens with one attached hydrogen (secondary N) is 1. The van der Waals surface area contributed by atoms with Crippen molar-refractivity contribution in [3.8, 4) is 0 Å². The van der Waals surface area contributed by atoms with Gasteiger partial charge in [-0.15, -0.1) is 0 Å². The Morgan fingerprint density at radius 3 is 2.76 bits per heavy atom. The van der Waals surface area contributed by atoms with Gasteiger partial charge in [0.25, 0.3) is 0 Å². The average Bonchev–Trinajstić information content (AvgIpc) is 3.16. The molecule has 2 saturated heterocycles. The van der Waals surface area contributed by atoms with Gasteiger partial charge in [0, 0.05) is 38.9 Å². The van der Waals surface area contributed by atoms with Gasteiger partial charge in [-0.1, -0.05) is 5.16 Å². The lowest BCUT2D eigenvalue weighted by atomic mass is 9.88. The highest BCUT2D eigenvalue weighted by Crippen LogP contribution is 2.39. The molecule has 7 nitrogen and oxygen atoms in total. The minimum Gasteiger partial charge on any atom is -0.383 e. The molecule has 0 unspecified atom stereocenters. The fourth-order valence-electron chi connectivity index (χ4n) is 3.83. The highest BCUT2D eigenvalue weighted by Gasteiger charge is 2.44. The minimum absolute atomic E-state index is 0.00734. The molecule has 2 fully saturated rings. The number of aryl methyl sites for hydroxylation is 2. The molecular formula is C18H29N3O4. The van der Waals surface area contributed by atoms with E-state index in [0.717, 1.165) is 56.8 Å². The summed E-state index contributed by atoms with van der Waals surface area (Å²) in [5, 5.41) is 6.91. The van der Waals surface area contributed by atoms with Crippen LogP contribution in [0.1, 0.15) is 42.7 Å². The second-order valence-corrected chi connectivity index (χ2v) is 7.19. The van der Waals surface area contributed by atoms with Gasteiger partial charge in [-0.3, -0.25) is 9.69 Å². The van der Waals surface area contributed by atoms with Crippen LogP contribution in [0.2, 0.25) is 0 Å². The third kappa shape index (κ3) is 4.22. The topological polar surface area (TPSA) is 76.8 Å². The van der Waals surface area contributed by atoms with Gasteiger partial charge >= 0.3 is 0 Å². The predicted octanol–water partition coefficient (Wildman–Crippen LogP) is 1.57. The van der Waals surface area contributed by atoms with E-state index in [1.54, 1.807) is 7.11 Å². The molecule has 25 heavy (non-hydrogen) atoms. The van der Waals surface area contributed by atoms with Crippen LogP contribution in [-0.4, -0.2) is 61.0 Å². The van der Waals surface area contributed by atoms with Crippen LogP contribution in [0.15, 0.2) is 4.52 Å². The van der Waals surface area contributed by atoms with E-state index in [4.69, 9.17) is 14.0 Å². The first kappa shape index (κ1) is 18.4. The van der Waals surface area contributed by atoms with E-state index in [-0.39, 0.29) is 17.6 Å². The van der Waals surface area contributed by atoms with Gasteiger partial charge in [-0.2, -0.15) is 0 Å². The second-order valence-electron chi connectivity index (χ2n) is 7.19. The summed E-state index contributed by atoms with van der Waals surface area (Å²) in [6, 6.07) is 0. The van der Waals surface area contributed by atoms with E-state index in [1.807, 2.05) is 13.8 Å². The number of likely N-dealkylation sites (tertiary alicyclic amines) is 1. The Hall–Kier alpha value is -1.44. The van der Waals surface area contributed by atoms with Gasteiger partial charge in [-0.25, -0.2) is 0 Å². The first-order valence-corrected chi connectivity index (χ1v) is 9.11. The molecule has 2 aliphatic heterocycles. The minimum atomic E-state index is -0.314. The summed E-state index contributed by atoms with van der Waals surface area (Å²) in [4.78, 5) is 14.6. The summed E-state index contributed by atoms with van der Waals surface area (Å²) in [6.45, 7) is 7.84. The lowest BCUT2D eigenvalue weighted by molar-refractivity contribution is -0.141. The molecule has 0 aliphatic carbocycles. The molecule has 1 amide bonds. The van der Waals surface area contributed by atoms with E-state index in [0.29, 0.717) is 13.2 Å². The first-order chi connectivity index (χ1) is 12.0. The van der Waals surface area contributed by atoms with Gasteiger partial charge < -0.3 is 19.3 Å². The third-order valence-electron chi connectivity index (χ3n) is 5.48. The summed E-state index contributed by atoms with van der Waals surface area (Å²) in [6.07, 6.45) is 3.40. The van der Waals surface area contributed by atoms with Crippen molar-refractivity contribution in [1.82, 2.24) is 15.4 Å². The summed E-state index contributed by atoms with van der Waals surface area (Å²) in [5.74, 6) is 0.898. The van der Waals surface area contributed by atoms with Crippen LogP contribution in [0.4, 0.5) is 0 Å². The number of piperidine rings is 1. The van der Waals surface area contributed by atoms with E-state index >= 15 is 0 Å². The quantitative estimate of drug-likeness (QED) is 0.784. The molecule has 3 rings (SSSR count). The molecule has 2 aliphatic rings. The summed E-state index contributed by atoms with van der Waals surface area (Å²) < 4.78 is 16.4. The molecule has 0 radical (unpaired) electrons. The van der Waals surface area contributed by atoms with Crippen LogP contribution in [0, 0.1) is 13.8 Å². The Morgan fingerprint density at radius 1 is 1.36 bits per heavy atom. The molecule has 1 spiro atoms. The van der Waals surface area contributed by atoms with Gasteiger partial charge in [-0.05, 0) is 39.5 Å². The second kappa shape index (κ2) is 7.85. The molecule has 1 N–H and O–H groups in total. The summed E-state index contributed by atoms with van der Waals surface area (Å²) in [5.41, 5.74) is 2.04. The number of methoxy groups -OCH3 is 1. The third-order valence-corrected chi connectivity index (χ3v) is 5.48. The van der Waals surface area contributed by atoms with Crippen molar-refractivity contribution in [2.75, 3.05) is 33.4 Å². The molecular weight excluding hydrogens is 322 g/mol. The number of hydrogen-bond acceptors (Lipinski definition) is 6. The maximum atomic E-state index is 12.2. The van der Waals surface area contributed by atoms with Gasteiger partial charge in [0.15, 0.2) is 0 Å². The SMILES string of the molecule is COCCNC(=O)[C@H]1CCC2(CCN(Cc3c(C)noc3C)CC2)O1. The molecule has 0 aromatic carbocycles. The smallest absolute Gasteiger partial charge is 0.249 e. The fraction of sp³-hybridized carbons (Fsp3) is 0.778. The van der Waals surface area contributed by atoms with Crippen molar-refractivity contribution in [2.24, 2.45) is 0 Å². The fourth-order valence-corrected chi connectivity index (χ4v) is 3.83. The zero-order valence-electron chi connectivity index (χ0n) is 15.5. The summed E-state index contributed by atoms with van der Waals surface area (Å²) in [7, 11) is 1.63. The van der Waals surface area contributed by atoms with E-state index in [1.165, 1.54) is 5.56 Å². The Balaban J connectivity index is 1.48. The molecule has 140 valence electrons. The monoisotopic (exact) mass is 351 g/mol. The Bertz CT molecular complexity index is 574. The Labute approximate surface area is 149 Å². The summed E-state index contributed by atoms with van der Waals surface area (Å²) >= 11 is 0. The Kier molecular flexibility index (Phi) is 5.76.